The lowest BCUT2D eigenvalue weighted by molar-refractivity contribution is -0.140. The van der Waals surface area contributed by atoms with E-state index in [0.29, 0.717) is 0 Å². The van der Waals surface area contributed by atoms with E-state index in [-0.39, 0.29) is 18.0 Å². The van der Waals surface area contributed by atoms with Gasteiger partial charge in [0.2, 0.25) is 0 Å². The fourth-order valence-electron chi connectivity index (χ4n) is 2.48. The predicted octanol–water partition coefficient (Wildman–Crippen LogP) is 2.51. The number of carboxylic acid groups (broad SMARTS) is 1. The molecule has 1 aliphatic rings. The molecule has 5 heteroatoms. The molecule has 0 radical (unpaired) electrons. The Kier molecular flexibility index (Phi) is 6.67. The summed E-state index contributed by atoms with van der Waals surface area (Å²) < 4.78 is 0. The Labute approximate surface area is 115 Å². The molecule has 0 aromatic carbocycles. The number of amides is 2. The Balaban J connectivity index is 2.45. The number of nitrogens with one attached hydrogen (secondary N) is 2. The zero-order valence-electron chi connectivity index (χ0n) is 11.9. The van der Waals surface area contributed by atoms with Crippen LogP contribution in [0.2, 0.25) is 0 Å². The Morgan fingerprint density at radius 2 is 1.79 bits per heavy atom. The van der Waals surface area contributed by atoms with Crippen molar-refractivity contribution in [2.24, 2.45) is 5.92 Å². The molecule has 2 unspecified atom stereocenters. The van der Waals surface area contributed by atoms with Gasteiger partial charge in [0.25, 0.3) is 0 Å². The molecule has 1 fully saturated rings. The summed E-state index contributed by atoms with van der Waals surface area (Å²) in [6.07, 6.45) is 7.44. The molecule has 0 bridgehead atoms. The van der Waals surface area contributed by atoms with Crippen LogP contribution in [0.25, 0.3) is 0 Å². The molecule has 0 saturated heterocycles. The maximum atomic E-state index is 11.9. The van der Waals surface area contributed by atoms with Gasteiger partial charge in [0.15, 0.2) is 0 Å². The third-order valence-corrected chi connectivity index (χ3v) is 3.96. The highest BCUT2D eigenvalue weighted by Gasteiger charge is 2.26. The number of hydrogen-bond acceptors (Lipinski definition) is 2. The number of aliphatic carboxylic acids is 1. The lowest BCUT2D eigenvalue weighted by atomic mass is 9.99. The number of hydrogen-bond donors (Lipinski definition) is 3. The Morgan fingerprint density at radius 3 is 2.26 bits per heavy atom. The third kappa shape index (κ3) is 5.49. The molecule has 0 aromatic rings. The molecule has 2 atom stereocenters. The van der Waals surface area contributed by atoms with Crippen LogP contribution in [0.15, 0.2) is 0 Å². The van der Waals surface area contributed by atoms with E-state index >= 15 is 0 Å². The molecular formula is C14H26N2O3. The average Bonchev–Trinajstić information content (AvgIpc) is 2.63. The van der Waals surface area contributed by atoms with E-state index in [1.807, 2.05) is 13.8 Å². The van der Waals surface area contributed by atoms with Crippen molar-refractivity contribution in [3.63, 3.8) is 0 Å². The van der Waals surface area contributed by atoms with Crippen molar-refractivity contribution >= 4 is 12.0 Å². The molecular weight excluding hydrogens is 244 g/mol. The van der Waals surface area contributed by atoms with E-state index in [1.54, 1.807) is 0 Å². The van der Waals surface area contributed by atoms with Gasteiger partial charge < -0.3 is 15.7 Å². The number of carboxylic acids is 1. The van der Waals surface area contributed by atoms with E-state index in [2.05, 4.69) is 10.6 Å². The lowest BCUT2D eigenvalue weighted by Gasteiger charge is -2.23. The van der Waals surface area contributed by atoms with Crippen LogP contribution in [0.5, 0.6) is 0 Å². The van der Waals surface area contributed by atoms with Gasteiger partial charge in [-0.3, -0.25) is 0 Å². The summed E-state index contributed by atoms with van der Waals surface area (Å²) in [6, 6.07) is -0.968. The summed E-state index contributed by atoms with van der Waals surface area (Å²) in [5, 5.41) is 14.6. The Morgan fingerprint density at radius 1 is 1.21 bits per heavy atom. The molecule has 3 N–H and O–H groups in total. The summed E-state index contributed by atoms with van der Waals surface area (Å²) in [6.45, 7) is 3.76. The van der Waals surface area contributed by atoms with E-state index in [0.717, 1.165) is 32.1 Å². The minimum absolute atomic E-state index is 0.0719. The first-order valence-electron chi connectivity index (χ1n) is 7.34. The number of carbonyl (C=O) groups excluding carboxylic acids is 1. The third-order valence-electron chi connectivity index (χ3n) is 3.96. The van der Waals surface area contributed by atoms with Gasteiger partial charge in [-0.1, -0.05) is 46.0 Å². The second-order valence-electron chi connectivity index (χ2n) is 5.51. The van der Waals surface area contributed by atoms with Gasteiger partial charge in [0.1, 0.15) is 6.04 Å². The number of urea groups is 1. The van der Waals surface area contributed by atoms with Crippen molar-refractivity contribution in [2.45, 2.75) is 70.9 Å². The fraction of sp³-hybridized carbons (Fsp3) is 0.857. The molecule has 19 heavy (non-hydrogen) atoms. The van der Waals surface area contributed by atoms with Crippen LogP contribution >= 0.6 is 0 Å². The minimum atomic E-state index is -0.967. The second-order valence-corrected chi connectivity index (χ2v) is 5.51. The van der Waals surface area contributed by atoms with Gasteiger partial charge in [-0.05, 0) is 18.8 Å². The van der Waals surface area contributed by atoms with E-state index in [9.17, 15) is 9.59 Å². The largest absolute Gasteiger partial charge is 0.480 e. The Bertz CT molecular complexity index is 299. The maximum absolute atomic E-state index is 11.9. The van der Waals surface area contributed by atoms with Crippen LogP contribution in [0.3, 0.4) is 0 Å². The normalized spacial score (nSPS) is 20.1. The molecule has 1 saturated carbocycles. The SMILES string of the molecule is CCC(C)C(NC(=O)NC1CCCCCC1)C(=O)O. The van der Waals surface area contributed by atoms with Crippen LogP contribution in [-0.2, 0) is 4.79 Å². The lowest BCUT2D eigenvalue weighted by Crippen LogP contribution is -2.51. The molecule has 0 spiro atoms. The van der Waals surface area contributed by atoms with Crippen molar-refractivity contribution in [1.29, 1.82) is 0 Å². The molecule has 2 amide bonds. The van der Waals surface area contributed by atoms with Crippen molar-refractivity contribution in [3.8, 4) is 0 Å². The first-order valence-corrected chi connectivity index (χ1v) is 7.34. The van der Waals surface area contributed by atoms with Crippen LogP contribution in [0, 0.1) is 5.92 Å². The monoisotopic (exact) mass is 270 g/mol. The van der Waals surface area contributed by atoms with E-state index < -0.39 is 12.0 Å². The van der Waals surface area contributed by atoms with Crippen molar-refractivity contribution in [2.75, 3.05) is 0 Å². The first-order chi connectivity index (χ1) is 9.04. The highest BCUT2D eigenvalue weighted by Crippen LogP contribution is 2.17. The molecule has 1 rings (SSSR count). The molecule has 5 nitrogen and oxygen atoms in total. The van der Waals surface area contributed by atoms with Crippen molar-refractivity contribution in [3.05, 3.63) is 0 Å². The second kappa shape index (κ2) is 8.02. The average molecular weight is 270 g/mol. The topological polar surface area (TPSA) is 78.4 Å². The first kappa shape index (κ1) is 15.8. The molecule has 1 aliphatic carbocycles. The van der Waals surface area contributed by atoms with Gasteiger partial charge in [0.05, 0.1) is 0 Å². The van der Waals surface area contributed by atoms with Crippen LogP contribution in [-0.4, -0.2) is 29.2 Å². The summed E-state index contributed by atoms with van der Waals surface area (Å²) in [7, 11) is 0. The highest BCUT2D eigenvalue weighted by molar-refractivity contribution is 5.82. The predicted molar refractivity (Wildman–Crippen MR) is 74.0 cm³/mol. The van der Waals surface area contributed by atoms with Crippen molar-refractivity contribution in [1.82, 2.24) is 10.6 Å². The standard InChI is InChI=1S/C14H26N2O3/c1-3-10(2)12(13(17)18)16-14(19)15-11-8-6-4-5-7-9-11/h10-12H,3-9H2,1-2H3,(H,17,18)(H2,15,16,19). The van der Waals surface area contributed by atoms with Gasteiger partial charge >= 0.3 is 12.0 Å². The summed E-state index contributed by atoms with van der Waals surface area (Å²) in [5.74, 6) is -1.04. The number of rotatable bonds is 5. The molecule has 0 aliphatic heterocycles. The maximum Gasteiger partial charge on any atom is 0.326 e. The van der Waals surface area contributed by atoms with Crippen LogP contribution in [0.1, 0.15) is 58.8 Å². The quantitative estimate of drug-likeness (QED) is 0.672. The molecule has 0 aromatic heterocycles. The molecule has 110 valence electrons. The van der Waals surface area contributed by atoms with Gasteiger partial charge in [-0.25, -0.2) is 9.59 Å². The minimum Gasteiger partial charge on any atom is -0.480 e. The smallest absolute Gasteiger partial charge is 0.326 e. The fourth-order valence-corrected chi connectivity index (χ4v) is 2.48. The van der Waals surface area contributed by atoms with E-state index in [1.165, 1.54) is 12.8 Å². The zero-order chi connectivity index (χ0) is 14.3. The highest BCUT2D eigenvalue weighted by atomic mass is 16.4. The summed E-state index contributed by atoms with van der Waals surface area (Å²) >= 11 is 0. The van der Waals surface area contributed by atoms with Gasteiger partial charge in [-0.15, -0.1) is 0 Å². The molecule has 0 heterocycles. The van der Waals surface area contributed by atoms with Gasteiger partial charge in [0, 0.05) is 6.04 Å². The van der Waals surface area contributed by atoms with Gasteiger partial charge in [-0.2, -0.15) is 0 Å². The number of carbonyl (C=O) groups is 2. The van der Waals surface area contributed by atoms with Crippen molar-refractivity contribution < 1.29 is 14.7 Å². The zero-order valence-corrected chi connectivity index (χ0v) is 11.9. The Hall–Kier alpha value is -1.26. The van der Waals surface area contributed by atoms with Crippen LogP contribution in [0.4, 0.5) is 4.79 Å². The summed E-state index contributed by atoms with van der Waals surface area (Å²) in [4.78, 5) is 23.0. The van der Waals surface area contributed by atoms with E-state index in [4.69, 9.17) is 5.11 Å². The van der Waals surface area contributed by atoms with Crippen LogP contribution < -0.4 is 10.6 Å². The summed E-state index contributed by atoms with van der Waals surface area (Å²) in [5.41, 5.74) is 0.